The Hall–Kier alpha value is -4.18. The molecule has 11 heteroatoms. The van der Waals surface area contributed by atoms with E-state index >= 15 is 4.39 Å². The maximum atomic E-state index is 15.3. The molecule has 1 amide bonds. The molecule has 0 radical (unpaired) electrons. The van der Waals surface area contributed by atoms with Crippen LogP contribution in [-0.4, -0.2) is 43.8 Å². The molecule has 1 fully saturated rings. The number of nitrogens with one attached hydrogen (secondary N) is 1. The Balaban J connectivity index is 0.00000103. The van der Waals surface area contributed by atoms with Gasteiger partial charge in [-0.1, -0.05) is 60.3 Å². The third-order valence-corrected chi connectivity index (χ3v) is 7.14. The third-order valence-electron chi connectivity index (χ3n) is 6.80. The third kappa shape index (κ3) is 8.16. The van der Waals surface area contributed by atoms with Crippen LogP contribution in [0.25, 0.3) is 0 Å². The van der Waals surface area contributed by atoms with Crippen LogP contribution < -0.4 is 10.9 Å². The minimum absolute atomic E-state index is 0.00339. The Labute approximate surface area is 235 Å². The number of carbonyl (C=O) groups excluding carboxylic acids is 1. The summed E-state index contributed by atoms with van der Waals surface area (Å²) in [5.74, 6) is -1.50. The summed E-state index contributed by atoms with van der Waals surface area (Å²) in [5.41, 5.74) is 1.99. The molecule has 1 unspecified atom stereocenters. The Morgan fingerprint density at radius 2 is 1.77 bits per heavy atom. The van der Waals surface area contributed by atoms with Gasteiger partial charge in [-0.3, -0.25) is 9.59 Å². The Kier molecular flexibility index (Phi) is 10.8. The van der Waals surface area contributed by atoms with Crippen LogP contribution in [0.4, 0.5) is 9.18 Å². The van der Waals surface area contributed by atoms with Crippen molar-refractivity contribution in [1.29, 1.82) is 0 Å². The van der Waals surface area contributed by atoms with E-state index in [9.17, 15) is 14.8 Å². The number of oxime groups is 1. The normalized spacial score (nSPS) is 14.5. The lowest BCUT2D eigenvalue weighted by Crippen LogP contribution is -2.36. The zero-order chi connectivity index (χ0) is 29.2. The van der Waals surface area contributed by atoms with Gasteiger partial charge in [0.2, 0.25) is 5.56 Å². The average Bonchev–Trinajstić information content (AvgIpc) is 2.92. The number of halogens is 2. The van der Waals surface area contributed by atoms with E-state index in [1.54, 1.807) is 37.5 Å². The summed E-state index contributed by atoms with van der Waals surface area (Å²) in [6.07, 6.45) is 5.05. The molecule has 1 heterocycles. The fourth-order valence-electron chi connectivity index (χ4n) is 4.78. The van der Waals surface area contributed by atoms with Gasteiger partial charge in [0.15, 0.2) is 0 Å². The first-order valence-corrected chi connectivity index (χ1v) is 13.1. The van der Waals surface area contributed by atoms with E-state index in [0.717, 1.165) is 37.7 Å². The van der Waals surface area contributed by atoms with E-state index in [-0.39, 0.29) is 23.6 Å². The van der Waals surface area contributed by atoms with Crippen molar-refractivity contribution in [2.45, 2.75) is 50.5 Å². The van der Waals surface area contributed by atoms with Crippen LogP contribution in [0, 0.1) is 5.82 Å². The molecule has 0 bridgehead atoms. The van der Waals surface area contributed by atoms with E-state index in [1.165, 1.54) is 22.8 Å². The van der Waals surface area contributed by atoms with Gasteiger partial charge in [-0.05, 0) is 48.2 Å². The van der Waals surface area contributed by atoms with Crippen LogP contribution in [0.15, 0.2) is 70.7 Å². The fraction of sp³-hybridized carbons (Fsp3) is 0.310. The van der Waals surface area contributed by atoms with Gasteiger partial charge in [-0.15, -0.1) is 0 Å². The van der Waals surface area contributed by atoms with Crippen LogP contribution in [0.3, 0.4) is 0 Å². The molecular formula is C29H31ClFN3O6. The molecule has 1 aromatic heterocycles. The summed E-state index contributed by atoms with van der Waals surface area (Å²) in [6.45, 7) is 0. The van der Waals surface area contributed by atoms with Crippen molar-refractivity contribution in [3.8, 4) is 0 Å². The van der Waals surface area contributed by atoms with E-state index < -0.39 is 23.8 Å². The summed E-state index contributed by atoms with van der Waals surface area (Å²) in [4.78, 5) is 33.1. The van der Waals surface area contributed by atoms with Gasteiger partial charge in [0.1, 0.15) is 5.82 Å². The molecule has 1 aliphatic carbocycles. The van der Waals surface area contributed by atoms with Crippen molar-refractivity contribution in [2.24, 2.45) is 12.2 Å². The Morgan fingerprint density at radius 1 is 1.10 bits per heavy atom. The lowest BCUT2D eigenvalue weighted by Gasteiger charge is -2.23. The van der Waals surface area contributed by atoms with Gasteiger partial charge in [0.05, 0.1) is 11.3 Å². The number of carboxylic acid groups (broad SMARTS) is 2. The number of rotatable bonds is 7. The van der Waals surface area contributed by atoms with Crippen molar-refractivity contribution in [2.75, 3.05) is 0 Å². The first-order chi connectivity index (χ1) is 19.1. The minimum atomic E-state index is -1.83. The standard InChI is InChI=1S/C28H29ClFN3O3.CH2O3/c1-33-17-19(12-14-27(33)34)26(32-36)16-23(21-9-5-6-10-24(21)29)18-11-13-22(25(30)15-18)28(35)31-20-7-3-2-4-8-20;2-1(3)4/h5-6,9-15,17,20,23,36H,2-4,7-8,16H2,1H3,(H,31,35);(H2,2,3,4)/b32-26+;. The van der Waals surface area contributed by atoms with Gasteiger partial charge >= 0.3 is 6.16 Å². The van der Waals surface area contributed by atoms with E-state index in [4.69, 9.17) is 26.6 Å². The number of aryl methyl sites for hydroxylation is 1. The van der Waals surface area contributed by atoms with Gasteiger partial charge in [-0.25, -0.2) is 9.18 Å². The van der Waals surface area contributed by atoms with Crippen molar-refractivity contribution in [3.63, 3.8) is 0 Å². The van der Waals surface area contributed by atoms with Gasteiger partial charge in [0.25, 0.3) is 5.91 Å². The molecule has 0 spiro atoms. The largest absolute Gasteiger partial charge is 0.503 e. The zero-order valence-electron chi connectivity index (χ0n) is 21.9. The number of amides is 1. The maximum Gasteiger partial charge on any atom is 0.503 e. The number of hydrogen-bond acceptors (Lipinski definition) is 5. The molecule has 1 aliphatic rings. The Bertz CT molecular complexity index is 1430. The van der Waals surface area contributed by atoms with E-state index in [2.05, 4.69) is 10.5 Å². The first-order valence-electron chi connectivity index (χ1n) is 12.7. The molecule has 3 aromatic rings. The van der Waals surface area contributed by atoms with Crippen molar-refractivity contribution in [1.82, 2.24) is 9.88 Å². The summed E-state index contributed by atoms with van der Waals surface area (Å²) < 4.78 is 16.7. The quantitative estimate of drug-likeness (QED) is 0.159. The molecule has 212 valence electrons. The second-order valence-corrected chi connectivity index (χ2v) is 9.93. The number of nitrogens with zero attached hydrogens (tertiary/aromatic N) is 2. The monoisotopic (exact) mass is 571 g/mol. The lowest BCUT2D eigenvalue weighted by molar-refractivity contribution is 0.0923. The summed E-state index contributed by atoms with van der Waals surface area (Å²) in [6, 6.07) is 14.8. The fourth-order valence-corrected chi connectivity index (χ4v) is 5.05. The van der Waals surface area contributed by atoms with Gasteiger partial charge in [-0.2, -0.15) is 0 Å². The molecule has 1 atom stereocenters. The summed E-state index contributed by atoms with van der Waals surface area (Å²) >= 11 is 6.51. The summed E-state index contributed by atoms with van der Waals surface area (Å²) in [7, 11) is 1.61. The highest BCUT2D eigenvalue weighted by atomic mass is 35.5. The molecule has 4 rings (SSSR count). The van der Waals surface area contributed by atoms with Gasteiger partial charge in [0, 0.05) is 48.3 Å². The molecule has 40 heavy (non-hydrogen) atoms. The number of benzene rings is 2. The van der Waals surface area contributed by atoms with E-state index in [1.807, 2.05) is 12.1 Å². The molecule has 9 nitrogen and oxygen atoms in total. The molecule has 0 saturated heterocycles. The first kappa shape index (κ1) is 30.4. The predicted molar refractivity (Wildman–Crippen MR) is 149 cm³/mol. The second kappa shape index (κ2) is 14.3. The highest BCUT2D eigenvalue weighted by molar-refractivity contribution is 6.31. The highest BCUT2D eigenvalue weighted by Gasteiger charge is 2.24. The lowest BCUT2D eigenvalue weighted by atomic mass is 9.85. The number of hydrogen-bond donors (Lipinski definition) is 4. The minimum Gasteiger partial charge on any atom is -0.450 e. The second-order valence-electron chi connectivity index (χ2n) is 9.52. The van der Waals surface area contributed by atoms with E-state index in [0.29, 0.717) is 21.9 Å². The Morgan fingerprint density at radius 3 is 2.38 bits per heavy atom. The van der Waals surface area contributed by atoms with Crippen molar-refractivity contribution in [3.05, 3.63) is 104 Å². The van der Waals surface area contributed by atoms with Crippen molar-refractivity contribution >= 4 is 29.4 Å². The van der Waals surface area contributed by atoms with Crippen LogP contribution in [0.2, 0.25) is 5.02 Å². The van der Waals surface area contributed by atoms with Crippen LogP contribution >= 0.6 is 11.6 Å². The molecular weight excluding hydrogens is 541 g/mol. The molecule has 2 aromatic carbocycles. The van der Waals surface area contributed by atoms with Crippen LogP contribution in [0.5, 0.6) is 0 Å². The van der Waals surface area contributed by atoms with Crippen molar-refractivity contribution < 1.29 is 29.4 Å². The average molecular weight is 572 g/mol. The van der Waals surface area contributed by atoms with Crippen LogP contribution in [-0.2, 0) is 7.05 Å². The van der Waals surface area contributed by atoms with Crippen LogP contribution in [0.1, 0.15) is 71.5 Å². The molecule has 4 N–H and O–H groups in total. The predicted octanol–water partition coefficient (Wildman–Crippen LogP) is 5.86. The smallest absolute Gasteiger partial charge is 0.450 e. The SMILES string of the molecule is Cn1cc(/C(CC(c2ccc(C(=O)NC3CCCCC3)c(F)c2)c2ccccc2Cl)=N/O)ccc1=O.O=C(O)O. The number of pyridine rings is 1. The zero-order valence-corrected chi connectivity index (χ0v) is 22.6. The topological polar surface area (TPSA) is 141 Å². The number of aromatic nitrogens is 1. The maximum absolute atomic E-state index is 15.3. The highest BCUT2D eigenvalue weighted by Crippen LogP contribution is 2.35. The summed E-state index contributed by atoms with van der Waals surface area (Å²) in [5, 5.41) is 30.7. The molecule has 1 saturated carbocycles. The number of carbonyl (C=O) groups is 2. The van der Waals surface area contributed by atoms with Gasteiger partial charge < -0.3 is 25.3 Å². The molecule has 0 aliphatic heterocycles.